The molecular weight excluding hydrogens is 438 g/mol. The molecule has 1 amide bonds. The van der Waals surface area contributed by atoms with E-state index < -0.39 is 11.5 Å². The van der Waals surface area contributed by atoms with Crippen LogP contribution < -0.4 is 25.3 Å². The summed E-state index contributed by atoms with van der Waals surface area (Å²) in [7, 11) is 1.52. The minimum atomic E-state index is -1.16. The normalized spacial score (nSPS) is 11.2. The first-order chi connectivity index (χ1) is 16.1. The van der Waals surface area contributed by atoms with Crippen LogP contribution in [0.2, 0.25) is 0 Å². The highest BCUT2D eigenvalue weighted by Gasteiger charge is 2.25. The number of anilines is 1. The number of ether oxygens (including phenoxy) is 3. The Balaban J connectivity index is 1.83. The molecule has 0 saturated heterocycles. The second-order valence-electron chi connectivity index (χ2n) is 8.40. The van der Waals surface area contributed by atoms with E-state index in [0.717, 1.165) is 0 Å². The van der Waals surface area contributed by atoms with Gasteiger partial charge in [-0.2, -0.15) is 0 Å². The van der Waals surface area contributed by atoms with Crippen LogP contribution in [0, 0.1) is 6.92 Å². The number of aromatic carboxylic acids is 1. The summed E-state index contributed by atoms with van der Waals surface area (Å²) in [5.74, 6) is -0.0575. The van der Waals surface area contributed by atoms with Gasteiger partial charge in [-0.15, -0.1) is 0 Å². The van der Waals surface area contributed by atoms with Crippen LogP contribution in [0.4, 0.5) is 5.69 Å². The topological polar surface area (TPSA) is 133 Å². The molecule has 0 aliphatic heterocycles. The Morgan fingerprint density at radius 1 is 1.15 bits per heavy atom. The number of nitrogens with two attached hydrogens (primary N) is 1. The van der Waals surface area contributed by atoms with Crippen molar-refractivity contribution in [3.63, 3.8) is 0 Å². The standard InChI is InChI=1S/C25H29N3O6/c1-6-33-17-11-15(10-16(12-17)32-5)23(29)28-25(3,4)13-34-19-9-7-8-18-21(19)22(26)20(24(30)31)14(2)27-18/h7-12H,6,13H2,1-5H3,(H2,26,27)(H,28,29)(H,30,31). The van der Waals surface area contributed by atoms with Crippen LogP contribution in [0.3, 0.4) is 0 Å². The number of carboxylic acid groups (broad SMARTS) is 1. The first-order valence-corrected chi connectivity index (χ1v) is 10.8. The number of aromatic nitrogens is 1. The van der Waals surface area contributed by atoms with Crippen LogP contribution in [0.25, 0.3) is 10.9 Å². The van der Waals surface area contributed by atoms with Crippen LogP contribution in [0.15, 0.2) is 36.4 Å². The number of hydrogen-bond donors (Lipinski definition) is 3. The summed E-state index contributed by atoms with van der Waals surface area (Å²) in [6.45, 7) is 7.63. The van der Waals surface area contributed by atoms with Crippen molar-refractivity contribution in [2.75, 3.05) is 26.1 Å². The summed E-state index contributed by atoms with van der Waals surface area (Å²) in [5.41, 5.74) is 6.68. The van der Waals surface area contributed by atoms with Crippen LogP contribution >= 0.6 is 0 Å². The highest BCUT2D eigenvalue weighted by Crippen LogP contribution is 2.34. The van der Waals surface area contributed by atoms with Crippen molar-refractivity contribution in [2.24, 2.45) is 0 Å². The maximum atomic E-state index is 12.9. The number of fused-ring (bicyclic) bond motifs is 1. The van der Waals surface area contributed by atoms with E-state index in [1.807, 2.05) is 20.8 Å². The summed E-state index contributed by atoms with van der Waals surface area (Å²) < 4.78 is 16.8. The van der Waals surface area contributed by atoms with Crippen molar-refractivity contribution >= 4 is 28.5 Å². The second kappa shape index (κ2) is 9.86. The van der Waals surface area contributed by atoms with Crippen LogP contribution in [0.5, 0.6) is 17.2 Å². The molecule has 0 aliphatic carbocycles. The Labute approximate surface area is 197 Å². The van der Waals surface area contributed by atoms with Crippen molar-refractivity contribution in [3.8, 4) is 17.2 Å². The first kappa shape index (κ1) is 24.6. The number of amides is 1. The van der Waals surface area contributed by atoms with Gasteiger partial charge in [0.05, 0.1) is 41.5 Å². The number of methoxy groups -OCH3 is 1. The fourth-order valence-electron chi connectivity index (χ4n) is 3.57. The molecule has 4 N–H and O–H groups in total. The average molecular weight is 468 g/mol. The number of nitrogens with zero attached hydrogens (tertiary/aromatic N) is 1. The molecule has 180 valence electrons. The lowest BCUT2D eigenvalue weighted by molar-refractivity contribution is 0.0696. The number of carbonyl (C=O) groups excluding carboxylic acids is 1. The van der Waals surface area contributed by atoms with Gasteiger partial charge in [0.2, 0.25) is 0 Å². The number of pyridine rings is 1. The van der Waals surface area contributed by atoms with Gasteiger partial charge in [-0.1, -0.05) is 6.07 Å². The summed E-state index contributed by atoms with van der Waals surface area (Å²) in [4.78, 5) is 29.0. The lowest BCUT2D eigenvalue weighted by atomic mass is 10.0. The van der Waals surface area contributed by atoms with Gasteiger partial charge in [-0.25, -0.2) is 4.79 Å². The third-order valence-electron chi connectivity index (χ3n) is 5.14. The zero-order valence-corrected chi connectivity index (χ0v) is 19.9. The summed E-state index contributed by atoms with van der Waals surface area (Å²) in [5, 5.41) is 12.9. The number of hydrogen-bond acceptors (Lipinski definition) is 7. The van der Waals surface area contributed by atoms with E-state index in [1.165, 1.54) is 7.11 Å². The molecule has 0 radical (unpaired) electrons. The smallest absolute Gasteiger partial charge is 0.339 e. The lowest BCUT2D eigenvalue weighted by Gasteiger charge is -2.27. The Kier molecular flexibility index (Phi) is 7.14. The van der Waals surface area contributed by atoms with Crippen molar-refractivity contribution in [1.29, 1.82) is 0 Å². The maximum absolute atomic E-state index is 12.9. The number of carboxylic acids is 1. The van der Waals surface area contributed by atoms with Gasteiger partial charge in [-0.3, -0.25) is 9.78 Å². The highest BCUT2D eigenvalue weighted by atomic mass is 16.5. The number of rotatable bonds is 9. The maximum Gasteiger partial charge on any atom is 0.339 e. The number of nitrogens with one attached hydrogen (secondary N) is 1. The van der Waals surface area contributed by atoms with E-state index in [9.17, 15) is 14.7 Å². The Morgan fingerprint density at radius 3 is 2.50 bits per heavy atom. The molecule has 1 aromatic heterocycles. The molecule has 0 saturated carbocycles. The van der Waals surface area contributed by atoms with Gasteiger partial charge in [0, 0.05) is 11.6 Å². The van der Waals surface area contributed by atoms with Gasteiger partial charge in [0.15, 0.2) is 0 Å². The molecule has 3 rings (SSSR count). The molecule has 0 atom stereocenters. The van der Waals surface area contributed by atoms with Crippen molar-refractivity contribution in [2.45, 2.75) is 33.2 Å². The molecule has 2 aromatic carbocycles. The zero-order chi connectivity index (χ0) is 25.0. The number of nitrogen functional groups attached to an aromatic ring is 1. The Bertz CT molecular complexity index is 1240. The van der Waals surface area contributed by atoms with Gasteiger partial charge in [0.1, 0.15) is 29.4 Å². The van der Waals surface area contributed by atoms with Gasteiger partial charge in [-0.05, 0) is 52.0 Å². The second-order valence-corrected chi connectivity index (χ2v) is 8.40. The fourth-order valence-corrected chi connectivity index (χ4v) is 3.57. The van der Waals surface area contributed by atoms with E-state index >= 15 is 0 Å². The Hall–Kier alpha value is -4.01. The van der Waals surface area contributed by atoms with Crippen LogP contribution in [-0.2, 0) is 0 Å². The lowest BCUT2D eigenvalue weighted by Crippen LogP contribution is -2.47. The van der Waals surface area contributed by atoms with Gasteiger partial charge >= 0.3 is 5.97 Å². The van der Waals surface area contributed by atoms with Gasteiger partial charge < -0.3 is 30.4 Å². The third-order valence-corrected chi connectivity index (χ3v) is 5.14. The van der Waals surface area contributed by atoms with Crippen molar-refractivity contribution in [1.82, 2.24) is 10.3 Å². The van der Waals surface area contributed by atoms with E-state index in [4.69, 9.17) is 19.9 Å². The number of carbonyl (C=O) groups is 2. The molecule has 9 nitrogen and oxygen atoms in total. The highest BCUT2D eigenvalue weighted by molar-refractivity contribution is 6.06. The average Bonchev–Trinajstić information content (AvgIpc) is 2.76. The first-order valence-electron chi connectivity index (χ1n) is 10.8. The van der Waals surface area contributed by atoms with Crippen molar-refractivity contribution < 1.29 is 28.9 Å². The predicted octanol–water partition coefficient (Wildman–Crippen LogP) is 3.82. The third kappa shape index (κ3) is 5.31. The largest absolute Gasteiger partial charge is 0.497 e. The van der Waals surface area contributed by atoms with E-state index in [1.54, 1.807) is 43.3 Å². The molecule has 1 heterocycles. The minimum absolute atomic E-state index is 0.0563. The quantitative estimate of drug-likeness (QED) is 0.433. The minimum Gasteiger partial charge on any atom is -0.497 e. The molecule has 0 spiro atoms. The summed E-state index contributed by atoms with van der Waals surface area (Å²) >= 11 is 0. The molecule has 0 bridgehead atoms. The van der Waals surface area contributed by atoms with E-state index in [2.05, 4.69) is 10.3 Å². The van der Waals surface area contributed by atoms with Crippen LogP contribution in [0.1, 0.15) is 47.2 Å². The molecule has 34 heavy (non-hydrogen) atoms. The Morgan fingerprint density at radius 2 is 1.85 bits per heavy atom. The summed E-state index contributed by atoms with van der Waals surface area (Å²) in [6, 6.07) is 10.2. The van der Waals surface area contributed by atoms with E-state index in [0.29, 0.717) is 46.0 Å². The SMILES string of the molecule is CCOc1cc(OC)cc(C(=O)NC(C)(C)COc2cccc3nc(C)c(C(=O)O)c(N)c23)c1. The summed E-state index contributed by atoms with van der Waals surface area (Å²) in [6.07, 6.45) is 0. The number of aryl methyl sites for hydroxylation is 1. The molecule has 0 aliphatic rings. The molecule has 9 heteroatoms. The van der Waals surface area contributed by atoms with Crippen molar-refractivity contribution in [3.05, 3.63) is 53.2 Å². The monoisotopic (exact) mass is 467 g/mol. The number of benzene rings is 2. The van der Waals surface area contributed by atoms with E-state index in [-0.39, 0.29) is 23.8 Å². The van der Waals surface area contributed by atoms with Crippen LogP contribution in [-0.4, -0.2) is 47.8 Å². The van der Waals surface area contributed by atoms with Gasteiger partial charge in [0.25, 0.3) is 5.91 Å². The molecular formula is C25H29N3O6. The molecule has 0 unspecified atom stereocenters. The zero-order valence-electron chi connectivity index (χ0n) is 19.9. The predicted molar refractivity (Wildman–Crippen MR) is 129 cm³/mol. The fraction of sp³-hybridized carbons (Fsp3) is 0.320. The molecule has 3 aromatic rings. The molecule has 0 fully saturated rings.